The Morgan fingerprint density at radius 2 is 1.37 bits per heavy atom. The zero-order chi connectivity index (χ0) is 14.3. The van der Waals surface area contributed by atoms with Crippen molar-refractivity contribution in [3.63, 3.8) is 0 Å². The zero-order valence-electron chi connectivity index (χ0n) is 12.3. The molecule has 110 valence electrons. The highest BCUT2D eigenvalue weighted by molar-refractivity contribution is 5.76. The van der Waals surface area contributed by atoms with E-state index in [2.05, 4.69) is 6.92 Å². The van der Waals surface area contributed by atoms with Crippen LogP contribution in [-0.2, 0) is 19.1 Å². The molecule has 19 heavy (non-hydrogen) atoms. The van der Waals surface area contributed by atoms with Crippen molar-refractivity contribution < 1.29 is 19.1 Å². The highest BCUT2D eigenvalue weighted by Crippen LogP contribution is 2.37. The second-order valence-electron chi connectivity index (χ2n) is 5.26. The lowest BCUT2D eigenvalue weighted by molar-refractivity contribution is -0.155. The molecule has 1 saturated carbocycles. The monoisotopic (exact) mass is 270 g/mol. The average molecular weight is 270 g/mol. The van der Waals surface area contributed by atoms with E-state index < -0.39 is 0 Å². The van der Waals surface area contributed by atoms with Gasteiger partial charge in [-0.15, -0.1) is 0 Å². The predicted octanol–water partition coefficient (Wildman–Crippen LogP) is 2.95. The first-order valence-corrected chi connectivity index (χ1v) is 7.45. The van der Waals surface area contributed by atoms with E-state index in [1.165, 1.54) is 0 Å². The normalized spacial score (nSPS) is 26.8. The average Bonchev–Trinajstić information content (AvgIpc) is 2.39. The van der Waals surface area contributed by atoms with Crippen LogP contribution in [0.2, 0.25) is 0 Å². The van der Waals surface area contributed by atoms with Crippen LogP contribution in [0, 0.1) is 17.8 Å². The third-order valence-corrected chi connectivity index (χ3v) is 3.74. The third-order valence-electron chi connectivity index (χ3n) is 3.74. The second-order valence-corrected chi connectivity index (χ2v) is 5.26. The van der Waals surface area contributed by atoms with Crippen molar-refractivity contribution in [2.24, 2.45) is 17.8 Å². The molecule has 0 heterocycles. The van der Waals surface area contributed by atoms with Gasteiger partial charge in [-0.3, -0.25) is 9.59 Å². The Bertz CT molecular complexity index is 275. The van der Waals surface area contributed by atoms with Gasteiger partial charge in [0.25, 0.3) is 0 Å². The summed E-state index contributed by atoms with van der Waals surface area (Å²) in [5.41, 5.74) is 0. The van der Waals surface area contributed by atoms with Crippen molar-refractivity contribution >= 4 is 11.9 Å². The Balaban J connectivity index is 2.67. The van der Waals surface area contributed by atoms with Crippen molar-refractivity contribution in [3.8, 4) is 0 Å². The molecule has 0 radical (unpaired) electrons. The molecule has 0 spiro atoms. The molecule has 0 aromatic rings. The molecule has 1 rings (SSSR count). The van der Waals surface area contributed by atoms with Crippen LogP contribution in [0.15, 0.2) is 0 Å². The summed E-state index contributed by atoms with van der Waals surface area (Å²) in [5.74, 6) is -0.155. The fraction of sp³-hybridized carbons (Fsp3) is 0.867. The van der Waals surface area contributed by atoms with Gasteiger partial charge in [0, 0.05) is 0 Å². The maximum absolute atomic E-state index is 11.9. The van der Waals surface area contributed by atoms with Crippen molar-refractivity contribution in [1.82, 2.24) is 0 Å². The van der Waals surface area contributed by atoms with E-state index in [0.717, 1.165) is 25.7 Å². The lowest BCUT2D eigenvalue weighted by Gasteiger charge is -2.32. The Kier molecular flexibility index (Phi) is 6.89. The number of rotatable bonds is 6. The molecule has 2 unspecified atom stereocenters. The van der Waals surface area contributed by atoms with Gasteiger partial charge in [0.2, 0.25) is 0 Å². The summed E-state index contributed by atoms with van der Waals surface area (Å²) >= 11 is 0. The molecular weight excluding hydrogens is 244 g/mol. The fourth-order valence-corrected chi connectivity index (χ4v) is 2.99. The number of hydrogen-bond acceptors (Lipinski definition) is 4. The van der Waals surface area contributed by atoms with E-state index in [0.29, 0.717) is 25.6 Å². The van der Waals surface area contributed by atoms with Crippen LogP contribution < -0.4 is 0 Å². The minimum absolute atomic E-state index is 0.139. The van der Waals surface area contributed by atoms with Crippen molar-refractivity contribution in [2.45, 2.75) is 52.9 Å². The summed E-state index contributed by atoms with van der Waals surface area (Å²) in [7, 11) is 0. The standard InChI is InChI=1S/C15H26O4/c1-4-7-11-8-12(14(16)18-5-2)10-13(9-11)15(17)19-6-3/h11-13H,4-10H2,1-3H3. The molecule has 2 atom stereocenters. The van der Waals surface area contributed by atoms with Crippen molar-refractivity contribution in [3.05, 3.63) is 0 Å². The molecule has 4 heteroatoms. The predicted molar refractivity (Wildman–Crippen MR) is 72.5 cm³/mol. The molecule has 0 N–H and O–H groups in total. The minimum atomic E-state index is -0.155. The van der Waals surface area contributed by atoms with Gasteiger partial charge in [-0.1, -0.05) is 19.8 Å². The van der Waals surface area contributed by atoms with Gasteiger partial charge in [0.05, 0.1) is 25.0 Å². The van der Waals surface area contributed by atoms with E-state index in [9.17, 15) is 9.59 Å². The SMILES string of the molecule is CCCC1CC(C(=O)OCC)CC(C(=O)OCC)C1. The van der Waals surface area contributed by atoms with Crippen LogP contribution in [0.3, 0.4) is 0 Å². The molecule has 0 amide bonds. The van der Waals surface area contributed by atoms with Crippen molar-refractivity contribution in [1.29, 1.82) is 0 Å². The van der Waals surface area contributed by atoms with Crippen LogP contribution in [0.25, 0.3) is 0 Å². The lowest BCUT2D eigenvalue weighted by atomic mass is 9.73. The molecule has 0 bridgehead atoms. The summed E-state index contributed by atoms with van der Waals surface area (Å²) in [6.45, 7) is 6.56. The van der Waals surface area contributed by atoms with E-state index in [-0.39, 0.29) is 23.8 Å². The minimum Gasteiger partial charge on any atom is -0.466 e. The van der Waals surface area contributed by atoms with Crippen LogP contribution in [0.4, 0.5) is 0 Å². The van der Waals surface area contributed by atoms with Gasteiger partial charge in [-0.25, -0.2) is 0 Å². The molecule has 4 nitrogen and oxygen atoms in total. The first kappa shape index (κ1) is 16.0. The Morgan fingerprint density at radius 1 is 0.895 bits per heavy atom. The van der Waals surface area contributed by atoms with E-state index in [1.54, 1.807) is 0 Å². The number of carbonyl (C=O) groups is 2. The highest BCUT2D eigenvalue weighted by atomic mass is 16.5. The van der Waals surface area contributed by atoms with Gasteiger partial charge in [0.1, 0.15) is 0 Å². The molecule has 0 saturated heterocycles. The third kappa shape index (κ3) is 4.84. The quantitative estimate of drug-likeness (QED) is 0.696. The maximum atomic E-state index is 11.9. The van der Waals surface area contributed by atoms with Crippen LogP contribution >= 0.6 is 0 Å². The molecule has 1 aliphatic rings. The Hall–Kier alpha value is -1.06. The van der Waals surface area contributed by atoms with Crippen LogP contribution in [-0.4, -0.2) is 25.2 Å². The highest BCUT2D eigenvalue weighted by Gasteiger charge is 2.37. The number of hydrogen-bond donors (Lipinski definition) is 0. The van der Waals surface area contributed by atoms with Gasteiger partial charge in [0.15, 0.2) is 0 Å². The molecule has 1 aliphatic carbocycles. The largest absolute Gasteiger partial charge is 0.466 e. The topological polar surface area (TPSA) is 52.6 Å². The summed E-state index contributed by atoms with van der Waals surface area (Å²) in [6.07, 6.45) is 4.42. The van der Waals surface area contributed by atoms with Gasteiger partial charge < -0.3 is 9.47 Å². The number of carbonyl (C=O) groups excluding carboxylic acids is 2. The Labute approximate surface area is 115 Å². The summed E-state index contributed by atoms with van der Waals surface area (Å²) in [6, 6.07) is 0. The smallest absolute Gasteiger partial charge is 0.308 e. The summed E-state index contributed by atoms with van der Waals surface area (Å²) in [5, 5.41) is 0. The van der Waals surface area contributed by atoms with Gasteiger partial charge in [-0.05, 0) is 39.0 Å². The molecule has 1 fully saturated rings. The number of esters is 2. The van der Waals surface area contributed by atoms with Crippen LogP contribution in [0.5, 0.6) is 0 Å². The first-order valence-electron chi connectivity index (χ1n) is 7.45. The Morgan fingerprint density at radius 3 is 1.74 bits per heavy atom. The fourth-order valence-electron chi connectivity index (χ4n) is 2.99. The van der Waals surface area contributed by atoms with E-state index in [1.807, 2.05) is 13.8 Å². The maximum Gasteiger partial charge on any atom is 0.308 e. The number of ether oxygens (including phenoxy) is 2. The van der Waals surface area contributed by atoms with Crippen LogP contribution in [0.1, 0.15) is 52.9 Å². The molecule has 0 aromatic heterocycles. The molecule has 0 aliphatic heterocycles. The zero-order valence-corrected chi connectivity index (χ0v) is 12.3. The molecule has 0 aromatic carbocycles. The first-order chi connectivity index (χ1) is 9.12. The second kappa shape index (κ2) is 8.18. The van der Waals surface area contributed by atoms with Gasteiger partial charge in [-0.2, -0.15) is 0 Å². The molecular formula is C15H26O4. The van der Waals surface area contributed by atoms with Gasteiger partial charge >= 0.3 is 11.9 Å². The lowest BCUT2D eigenvalue weighted by Crippen LogP contribution is -2.33. The van der Waals surface area contributed by atoms with Crippen molar-refractivity contribution in [2.75, 3.05) is 13.2 Å². The van der Waals surface area contributed by atoms with E-state index in [4.69, 9.17) is 9.47 Å². The van der Waals surface area contributed by atoms with E-state index >= 15 is 0 Å². The summed E-state index contributed by atoms with van der Waals surface area (Å²) < 4.78 is 10.2. The summed E-state index contributed by atoms with van der Waals surface area (Å²) in [4.78, 5) is 23.8.